The van der Waals surface area contributed by atoms with Crippen LogP contribution >= 0.6 is 11.6 Å². The van der Waals surface area contributed by atoms with E-state index in [1.807, 2.05) is 18.2 Å². The van der Waals surface area contributed by atoms with Gasteiger partial charge < -0.3 is 9.64 Å². The molecule has 2 rings (SSSR count). The summed E-state index contributed by atoms with van der Waals surface area (Å²) in [5, 5.41) is 8.96. The lowest BCUT2D eigenvalue weighted by molar-refractivity contribution is -0.146. The number of likely N-dealkylation sites (tertiary alicyclic amines) is 1. The Balaban J connectivity index is 1.98. The minimum absolute atomic E-state index is 0.108. The number of carbonyl (C=O) groups excluding carboxylic acids is 2. The molecule has 1 atom stereocenters. The minimum Gasteiger partial charge on any atom is -0.450 e. The highest BCUT2D eigenvalue weighted by Crippen LogP contribution is 2.24. The van der Waals surface area contributed by atoms with Crippen LogP contribution in [0.1, 0.15) is 12.0 Å². The molecule has 1 fully saturated rings. The third-order valence-electron chi connectivity index (χ3n) is 3.15. The van der Waals surface area contributed by atoms with Gasteiger partial charge in [-0.05, 0) is 11.6 Å². The van der Waals surface area contributed by atoms with Crippen molar-refractivity contribution in [2.24, 2.45) is 5.92 Å². The molecule has 1 aliphatic heterocycles. The zero-order valence-corrected chi connectivity index (χ0v) is 11.5. The Morgan fingerprint density at radius 2 is 2.25 bits per heavy atom. The molecular weight excluding hydrogens is 280 g/mol. The molecule has 0 spiro atoms. The molecule has 6 heteroatoms. The number of nitriles is 1. The maximum atomic E-state index is 11.9. The van der Waals surface area contributed by atoms with Gasteiger partial charge in [0.1, 0.15) is 6.07 Å². The zero-order valence-electron chi connectivity index (χ0n) is 10.7. The molecule has 20 heavy (non-hydrogen) atoms. The second-order valence-corrected chi connectivity index (χ2v) is 4.94. The summed E-state index contributed by atoms with van der Waals surface area (Å²) in [6.45, 7) is 0.392. The van der Waals surface area contributed by atoms with Gasteiger partial charge in [0, 0.05) is 24.5 Å². The van der Waals surface area contributed by atoms with Gasteiger partial charge in [-0.3, -0.25) is 9.59 Å². The van der Waals surface area contributed by atoms with E-state index in [1.54, 1.807) is 17.0 Å². The minimum atomic E-state index is -0.502. The van der Waals surface area contributed by atoms with E-state index in [0.29, 0.717) is 18.1 Å². The molecular formula is C14H13ClN2O3. The van der Waals surface area contributed by atoms with Crippen molar-refractivity contribution in [2.45, 2.75) is 13.0 Å². The molecule has 1 aliphatic rings. The topological polar surface area (TPSA) is 70.4 Å². The maximum absolute atomic E-state index is 11.9. The summed E-state index contributed by atoms with van der Waals surface area (Å²) in [5.74, 6) is -1.11. The molecule has 0 saturated carbocycles. The van der Waals surface area contributed by atoms with Crippen LogP contribution < -0.4 is 0 Å². The molecule has 1 aromatic carbocycles. The number of halogens is 1. The monoisotopic (exact) mass is 292 g/mol. The van der Waals surface area contributed by atoms with Crippen LogP contribution in [-0.2, 0) is 20.9 Å². The van der Waals surface area contributed by atoms with E-state index < -0.39 is 11.9 Å². The van der Waals surface area contributed by atoms with Crippen LogP contribution in [0.15, 0.2) is 24.3 Å². The van der Waals surface area contributed by atoms with Crippen LogP contribution in [0.25, 0.3) is 0 Å². The number of hydrogen-bond donors (Lipinski definition) is 0. The molecule has 0 bridgehead atoms. The fourth-order valence-corrected chi connectivity index (χ4v) is 2.33. The molecule has 1 saturated heterocycles. The first kappa shape index (κ1) is 14.4. The van der Waals surface area contributed by atoms with E-state index in [1.165, 1.54) is 0 Å². The number of carbonyl (C=O) groups is 2. The number of rotatable bonds is 4. The lowest BCUT2D eigenvalue weighted by Crippen LogP contribution is -2.26. The summed E-state index contributed by atoms with van der Waals surface area (Å²) in [7, 11) is 0. The van der Waals surface area contributed by atoms with Crippen molar-refractivity contribution >= 4 is 23.5 Å². The third-order valence-corrected chi connectivity index (χ3v) is 3.51. The summed E-state index contributed by atoms with van der Waals surface area (Å²) < 4.78 is 4.74. The number of esters is 1. The van der Waals surface area contributed by atoms with E-state index in [4.69, 9.17) is 21.6 Å². The van der Waals surface area contributed by atoms with E-state index in [-0.39, 0.29) is 18.9 Å². The van der Waals surface area contributed by atoms with Crippen LogP contribution in [0, 0.1) is 17.2 Å². The second kappa shape index (κ2) is 6.40. The van der Waals surface area contributed by atoms with Gasteiger partial charge in [-0.25, -0.2) is 0 Å². The molecule has 1 amide bonds. The fraction of sp³-hybridized carbons (Fsp3) is 0.357. The lowest BCUT2D eigenvalue weighted by Gasteiger charge is -2.17. The molecule has 0 N–H and O–H groups in total. The Morgan fingerprint density at radius 1 is 1.50 bits per heavy atom. The summed E-state index contributed by atoms with van der Waals surface area (Å²) >= 11 is 6.05. The number of benzene rings is 1. The van der Waals surface area contributed by atoms with E-state index in [2.05, 4.69) is 0 Å². The van der Waals surface area contributed by atoms with Crippen molar-refractivity contribution in [1.29, 1.82) is 5.26 Å². The SMILES string of the molecule is N#CCOC(=O)[C@H]1CC(=O)N(Cc2ccccc2Cl)C1. The van der Waals surface area contributed by atoms with E-state index in [9.17, 15) is 9.59 Å². The molecule has 104 valence electrons. The molecule has 0 aliphatic carbocycles. The van der Waals surface area contributed by atoms with Crippen molar-refractivity contribution in [1.82, 2.24) is 4.90 Å². The predicted octanol–water partition coefficient (Wildman–Crippen LogP) is 1.76. The number of nitrogens with zero attached hydrogens (tertiary/aromatic N) is 2. The zero-order chi connectivity index (χ0) is 14.5. The lowest BCUT2D eigenvalue weighted by atomic mass is 10.1. The standard InChI is InChI=1S/C14H13ClN2O3/c15-12-4-2-1-3-10(12)8-17-9-11(7-13(17)18)14(19)20-6-5-16/h1-4,11H,6-9H2/t11-/m0/s1. The average Bonchev–Trinajstić information content (AvgIpc) is 2.80. The number of ether oxygens (including phenoxy) is 1. The summed E-state index contributed by atoms with van der Waals surface area (Å²) in [4.78, 5) is 25.1. The van der Waals surface area contributed by atoms with E-state index in [0.717, 1.165) is 5.56 Å². The van der Waals surface area contributed by atoms with Crippen LogP contribution in [0.5, 0.6) is 0 Å². The highest BCUT2D eigenvalue weighted by atomic mass is 35.5. The van der Waals surface area contributed by atoms with Crippen molar-refractivity contribution in [3.8, 4) is 6.07 Å². The first-order valence-electron chi connectivity index (χ1n) is 6.16. The third kappa shape index (κ3) is 3.28. The van der Waals surface area contributed by atoms with Gasteiger partial charge in [0.25, 0.3) is 0 Å². The first-order chi connectivity index (χ1) is 9.61. The van der Waals surface area contributed by atoms with E-state index >= 15 is 0 Å². The Hall–Kier alpha value is -2.06. The largest absolute Gasteiger partial charge is 0.450 e. The Labute approximate surface area is 121 Å². The number of hydrogen-bond acceptors (Lipinski definition) is 4. The molecule has 0 radical (unpaired) electrons. The van der Waals surface area contributed by atoms with Gasteiger partial charge in [0.15, 0.2) is 6.61 Å². The van der Waals surface area contributed by atoms with Gasteiger partial charge in [-0.2, -0.15) is 5.26 Å². The quantitative estimate of drug-likeness (QED) is 0.793. The van der Waals surface area contributed by atoms with Crippen LogP contribution in [0.2, 0.25) is 5.02 Å². The maximum Gasteiger partial charge on any atom is 0.312 e. The molecule has 1 heterocycles. The predicted molar refractivity (Wildman–Crippen MR) is 71.5 cm³/mol. The fourth-order valence-electron chi connectivity index (χ4n) is 2.14. The van der Waals surface area contributed by atoms with Gasteiger partial charge in [0.2, 0.25) is 5.91 Å². The van der Waals surface area contributed by atoms with Crippen molar-refractivity contribution < 1.29 is 14.3 Å². The first-order valence-corrected chi connectivity index (χ1v) is 6.54. The molecule has 0 aromatic heterocycles. The highest BCUT2D eigenvalue weighted by molar-refractivity contribution is 6.31. The summed E-state index contributed by atoms with van der Waals surface area (Å²) in [6.07, 6.45) is 0.120. The van der Waals surface area contributed by atoms with Crippen molar-refractivity contribution in [2.75, 3.05) is 13.2 Å². The van der Waals surface area contributed by atoms with Crippen molar-refractivity contribution in [3.05, 3.63) is 34.9 Å². The summed E-state index contributed by atoms with van der Waals surface area (Å²) in [6, 6.07) is 9.00. The van der Waals surface area contributed by atoms with Crippen LogP contribution in [0.4, 0.5) is 0 Å². The van der Waals surface area contributed by atoms with Gasteiger partial charge >= 0.3 is 5.97 Å². The second-order valence-electron chi connectivity index (χ2n) is 4.53. The Morgan fingerprint density at radius 3 is 2.95 bits per heavy atom. The van der Waals surface area contributed by atoms with Crippen molar-refractivity contribution in [3.63, 3.8) is 0 Å². The van der Waals surface area contributed by atoms with Crippen LogP contribution in [-0.4, -0.2) is 29.9 Å². The van der Waals surface area contributed by atoms with Crippen LogP contribution in [0.3, 0.4) is 0 Å². The normalized spacial score (nSPS) is 17.9. The number of amides is 1. The smallest absolute Gasteiger partial charge is 0.312 e. The van der Waals surface area contributed by atoms with Gasteiger partial charge in [0.05, 0.1) is 5.92 Å². The molecule has 5 nitrogen and oxygen atoms in total. The Bertz CT molecular complexity index is 568. The molecule has 0 unspecified atom stereocenters. The van der Waals surface area contributed by atoms with Gasteiger partial charge in [-0.15, -0.1) is 0 Å². The highest BCUT2D eigenvalue weighted by Gasteiger charge is 2.35. The van der Waals surface area contributed by atoms with Gasteiger partial charge in [-0.1, -0.05) is 29.8 Å². The average molecular weight is 293 g/mol. The summed E-state index contributed by atoms with van der Waals surface area (Å²) in [5.41, 5.74) is 0.841. The molecule has 1 aromatic rings. The Kier molecular flexibility index (Phi) is 4.59.